The first kappa shape index (κ1) is 17.8. The number of anilines is 1. The summed E-state index contributed by atoms with van der Waals surface area (Å²) in [4.78, 5) is 25.5. The van der Waals surface area contributed by atoms with Gasteiger partial charge in [-0.2, -0.15) is 5.10 Å². The Balaban J connectivity index is 1.77. The third-order valence-corrected chi connectivity index (χ3v) is 4.79. The molecule has 0 saturated heterocycles. The Morgan fingerprint density at radius 1 is 1.08 bits per heavy atom. The Morgan fingerprint density at radius 3 is 2.50 bits per heavy atom. The highest BCUT2D eigenvalue weighted by molar-refractivity contribution is 7.99. The van der Waals surface area contributed by atoms with Crippen LogP contribution in [0.3, 0.4) is 0 Å². The van der Waals surface area contributed by atoms with Gasteiger partial charge >= 0.3 is 5.97 Å². The minimum Gasteiger partial charge on any atom is -0.480 e. The monoisotopic (exact) mass is 367 g/mol. The molecule has 0 fully saturated rings. The van der Waals surface area contributed by atoms with Gasteiger partial charge in [0.25, 0.3) is 5.91 Å². The van der Waals surface area contributed by atoms with Gasteiger partial charge in [0.2, 0.25) is 0 Å². The molecule has 26 heavy (non-hydrogen) atoms. The molecule has 1 heterocycles. The predicted octanol–water partition coefficient (Wildman–Crippen LogP) is 3.93. The Hall–Kier alpha value is -3.06. The summed E-state index contributed by atoms with van der Waals surface area (Å²) < 4.78 is 1.25. The number of carboxylic acid groups (broad SMARTS) is 1. The van der Waals surface area contributed by atoms with Crippen molar-refractivity contribution < 1.29 is 14.7 Å². The van der Waals surface area contributed by atoms with Gasteiger partial charge in [-0.15, -0.1) is 0 Å². The average Bonchev–Trinajstić information content (AvgIpc) is 3.13. The molecule has 1 aromatic heterocycles. The number of amides is 1. The topological polar surface area (TPSA) is 84.2 Å². The lowest BCUT2D eigenvalue weighted by atomic mass is 10.3. The highest BCUT2D eigenvalue weighted by Crippen LogP contribution is 2.33. The lowest BCUT2D eigenvalue weighted by Gasteiger charge is -2.10. The lowest BCUT2D eigenvalue weighted by molar-refractivity contribution is -0.140. The van der Waals surface area contributed by atoms with Crippen LogP contribution in [0.15, 0.2) is 76.7 Å². The summed E-state index contributed by atoms with van der Waals surface area (Å²) in [5, 5.41) is 15.9. The van der Waals surface area contributed by atoms with Crippen molar-refractivity contribution >= 4 is 29.3 Å². The molecule has 0 spiro atoms. The van der Waals surface area contributed by atoms with E-state index in [1.807, 2.05) is 54.6 Å². The van der Waals surface area contributed by atoms with E-state index in [0.717, 1.165) is 9.79 Å². The molecule has 3 aromatic rings. The molecule has 0 radical (unpaired) electrons. The van der Waals surface area contributed by atoms with Gasteiger partial charge in [0.05, 0.1) is 5.69 Å². The van der Waals surface area contributed by atoms with Crippen LogP contribution in [0.5, 0.6) is 0 Å². The fraction of sp³-hybridized carbons (Fsp3) is 0.105. The zero-order valence-corrected chi connectivity index (χ0v) is 14.8. The van der Waals surface area contributed by atoms with Gasteiger partial charge < -0.3 is 10.4 Å². The van der Waals surface area contributed by atoms with Gasteiger partial charge in [0.15, 0.2) is 5.69 Å². The zero-order valence-electron chi connectivity index (χ0n) is 14.0. The first-order valence-electron chi connectivity index (χ1n) is 7.96. The normalized spacial score (nSPS) is 11.7. The van der Waals surface area contributed by atoms with E-state index in [4.69, 9.17) is 5.11 Å². The van der Waals surface area contributed by atoms with Crippen LogP contribution in [0.1, 0.15) is 23.5 Å². The maximum Gasteiger partial charge on any atom is 0.328 e. The van der Waals surface area contributed by atoms with Gasteiger partial charge in [0, 0.05) is 16.0 Å². The van der Waals surface area contributed by atoms with Gasteiger partial charge in [-0.3, -0.25) is 9.48 Å². The number of hydrogen-bond acceptors (Lipinski definition) is 4. The number of para-hydroxylation sites is 1. The first-order valence-corrected chi connectivity index (χ1v) is 8.77. The van der Waals surface area contributed by atoms with Crippen LogP contribution < -0.4 is 5.32 Å². The molecule has 0 aliphatic heterocycles. The fourth-order valence-electron chi connectivity index (χ4n) is 2.25. The van der Waals surface area contributed by atoms with Crippen LogP contribution in [0.4, 0.5) is 5.69 Å². The summed E-state index contributed by atoms with van der Waals surface area (Å²) in [7, 11) is 0. The van der Waals surface area contributed by atoms with Crippen LogP contribution in [0.2, 0.25) is 0 Å². The van der Waals surface area contributed by atoms with E-state index >= 15 is 0 Å². The standard InChI is InChI=1S/C19H17N3O3S/c1-13(19(24)25)22-12-11-16(21-22)18(23)20-15-9-5-6-10-17(15)26-14-7-3-2-4-8-14/h2-13H,1H3,(H,20,23)(H,24,25). The molecule has 1 amide bonds. The number of benzene rings is 2. The average molecular weight is 367 g/mol. The highest BCUT2D eigenvalue weighted by Gasteiger charge is 2.17. The van der Waals surface area contributed by atoms with Crippen molar-refractivity contribution in [3.05, 3.63) is 72.6 Å². The number of carbonyl (C=O) groups excluding carboxylic acids is 1. The Morgan fingerprint density at radius 2 is 1.77 bits per heavy atom. The van der Waals surface area contributed by atoms with Crippen molar-refractivity contribution in [1.29, 1.82) is 0 Å². The van der Waals surface area contributed by atoms with E-state index in [9.17, 15) is 9.59 Å². The number of aliphatic carboxylic acids is 1. The lowest BCUT2D eigenvalue weighted by Crippen LogP contribution is -2.18. The SMILES string of the molecule is CC(C(=O)O)n1ccc(C(=O)Nc2ccccc2Sc2ccccc2)n1. The van der Waals surface area contributed by atoms with Crippen LogP contribution in [-0.2, 0) is 4.79 Å². The summed E-state index contributed by atoms with van der Waals surface area (Å²) in [6.45, 7) is 1.50. The van der Waals surface area contributed by atoms with Crippen molar-refractivity contribution in [2.24, 2.45) is 0 Å². The molecule has 3 rings (SSSR count). The second-order valence-corrected chi connectivity index (χ2v) is 6.68. The summed E-state index contributed by atoms with van der Waals surface area (Å²) in [6.07, 6.45) is 1.48. The van der Waals surface area contributed by atoms with Crippen LogP contribution in [-0.4, -0.2) is 26.8 Å². The molecule has 0 bridgehead atoms. The Bertz CT molecular complexity index is 925. The summed E-state index contributed by atoms with van der Waals surface area (Å²) in [6, 6.07) is 18.0. The molecule has 0 aliphatic rings. The molecule has 132 valence electrons. The largest absolute Gasteiger partial charge is 0.480 e. The number of nitrogens with zero attached hydrogens (tertiary/aromatic N) is 2. The third kappa shape index (κ3) is 4.12. The molecular weight excluding hydrogens is 350 g/mol. The molecule has 1 unspecified atom stereocenters. The minimum absolute atomic E-state index is 0.164. The number of aromatic nitrogens is 2. The number of nitrogens with one attached hydrogen (secondary N) is 1. The molecule has 2 aromatic carbocycles. The van der Waals surface area contributed by atoms with Crippen molar-refractivity contribution in [2.75, 3.05) is 5.32 Å². The first-order chi connectivity index (χ1) is 12.5. The quantitative estimate of drug-likeness (QED) is 0.689. The second kappa shape index (κ2) is 7.88. The fourth-order valence-corrected chi connectivity index (χ4v) is 3.17. The minimum atomic E-state index is -1.01. The molecule has 0 aliphatic carbocycles. The van der Waals surface area contributed by atoms with Crippen LogP contribution in [0, 0.1) is 0 Å². The van der Waals surface area contributed by atoms with Gasteiger partial charge in [-0.1, -0.05) is 42.1 Å². The van der Waals surface area contributed by atoms with Crippen molar-refractivity contribution in [3.63, 3.8) is 0 Å². The molecule has 2 N–H and O–H groups in total. The summed E-state index contributed by atoms with van der Waals surface area (Å²) in [5.74, 6) is -1.40. The predicted molar refractivity (Wildman–Crippen MR) is 99.5 cm³/mol. The molecule has 1 atom stereocenters. The van der Waals surface area contributed by atoms with E-state index < -0.39 is 12.0 Å². The van der Waals surface area contributed by atoms with Crippen LogP contribution >= 0.6 is 11.8 Å². The number of carbonyl (C=O) groups is 2. The number of carboxylic acids is 1. The maximum atomic E-state index is 12.5. The van der Waals surface area contributed by atoms with Gasteiger partial charge in [-0.25, -0.2) is 4.79 Å². The van der Waals surface area contributed by atoms with E-state index in [1.165, 1.54) is 23.9 Å². The zero-order chi connectivity index (χ0) is 18.5. The Kier molecular flexibility index (Phi) is 5.38. The maximum absolute atomic E-state index is 12.5. The Labute approximate surface area is 154 Å². The van der Waals surface area contributed by atoms with Gasteiger partial charge in [0.1, 0.15) is 6.04 Å². The van der Waals surface area contributed by atoms with Crippen molar-refractivity contribution in [3.8, 4) is 0 Å². The summed E-state index contributed by atoms with van der Waals surface area (Å²) in [5.41, 5.74) is 0.838. The highest BCUT2D eigenvalue weighted by atomic mass is 32.2. The molecule has 0 saturated carbocycles. The third-order valence-electron chi connectivity index (χ3n) is 3.70. The van der Waals surface area contributed by atoms with Crippen molar-refractivity contribution in [2.45, 2.75) is 22.8 Å². The molecule has 6 nitrogen and oxygen atoms in total. The smallest absolute Gasteiger partial charge is 0.328 e. The second-order valence-electron chi connectivity index (χ2n) is 5.56. The molecular formula is C19H17N3O3S. The number of rotatable bonds is 6. The van der Waals surface area contributed by atoms with Crippen molar-refractivity contribution in [1.82, 2.24) is 9.78 Å². The number of hydrogen-bond donors (Lipinski definition) is 2. The van der Waals surface area contributed by atoms with E-state index in [0.29, 0.717) is 5.69 Å². The summed E-state index contributed by atoms with van der Waals surface area (Å²) >= 11 is 1.55. The van der Waals surface area contributed by atoms with E-state index in [2.05, 4.69) is 10.4 Å². The van der Waals surface area contributed by atoms with E-state index in [1.54, 1.807) is 11.8 Å². The van der Waals surface area contributed by atoms with Crippen LogP contribution in [0.25, 0.3) is 0 Å². The van der Waals surface area contributed by atoms with E-state index in [-0.39, 0.29) is 11.6 Å². The molecule has 7 heteroatoms. The van der Waals surface area contributed by atoms with Gasteiger partial charge in [-0.05, 0) is 37.3 Å².